The van der Waals surface area contributed by atoms with Crippen molar-refractivity contribution in [3.05, 3.63) is 63.2 Å². The van der Waals surface area contributed by atoms with Crippen molar-refractivity contribution in [3.8, 4) is 0 Å². The Balaban J connectivity index is 0.000000284. The maximum atomic E-state index is 11.6. The summed E-state index contributed by atoms with van der Waals surface area (Å²) in [5.74, 6) is 0.259. The van der Waals surface area contributed by atoms with Gasteiger partial charge >= 0.3 is 31.6 Å². The zero-order valence-electron chi connectivity index (χ0n) is 8.54. The van der Waals surface area contributed by atoms with Crippen LogP contribution in [-0.2, 0) is 29.1 Å². The summed E-state index contributed by atoms with van der Waals surface area (Å²) < 4.78 is 23.3. The molecule has 0 amide bonds. The second kappa shape index (κ2) is 8.85. The Bertz CT molecular complexity index is 221. The van der Waals surface area contributed by atoms with Gasteiger partial charge in [0.15, 0.2) is 0 Å². The number of hydrogen-bond acceptors (Lipinski definition) is 2. The molecule has 0 heterocycles. The molecule has 0 aliphatic heterocycles. The fraction of sp³-hybridized carbons (Fsp3) is 0. The minimum absolute atomic E-state index is 0. The van der Waals surface area contributed by atoms with Crippen LogP contribution in [0.4, 0.5) is 8.78 Å². The minimum atomic E-state index is -1.37. The molecule has 2 rings (SSSR count). The Hall–Kier alpha value is -0.177. The Morgan fingerprint density at radius 1 is 0.706 bits per heavy atom. The van der Waals surface area contributed by atoms with Crippen LogP contribution in [-0.4, -0.2) is 12.1 Å². The molecule has 0 saturated heterocycles. The molecule has 0 atom stereocenters. The Kier molecular flexibility index (Phi) is 8.76. The molecule has 88 valence electrons. The first-order chi connectivity index (χ1) is 7.61. The summed E-state index contributed by atoms with van der Waals surface area (Å²) in [6.07, 6.45) is 12.2. The van der Waals surface area contributed by atoms with Crippen LogP contribution in [0.5, 0.6) is 0 Å². The van der Waals surface area contributed by atoms with E-state index in [2.05, 4.69) is 0 Å². The molecule has 0 aromatic heterocycles. The predicted octanol–water partition coefficient (Wildman–Crippen LogP) is 1.77. The van der Waals surface area contributed by atoms with Gasteiger partial charge in [-0.1, -0.05) is 0 Å². The zero-order valence-corrected chi connectivity index (χ0v) is 10.3. The quantitative estimate of drug-likeness (QED) is 0.573. The van der Waals surface area contributed by atoms with Gasteiger partial charge in [-0.05, 0) is 51.4 Å². The van der Waals surface area contributed by atoms with Crippen LogP contribution < -0.4 is 0 Å². The average Bonchev–Trinajstić information content (AvgIpc) is 2.93. The number of halogens is 2. The van der Waals surface area contributed by atoms with Crippen LogP contribution in [0, 0.1) is 63.2 Å². The Morgan fingerprint density at radius 3 is 1.06 bits per heavy atom. The van der Waals surface area contributed by atoms with Crippen molar-refractivity contribution >= 4 is 12.1 Å². The molecule has 2 nitrogen and oxygen atoms in total. The predicted molar refractivity (Wildman–Crippen MR) is 53.1 cm³/mol. The van der Waals surface area contributed by atoms with E-state index in [0.29, 0.717) is 0 Å². The third-order valence-corrected chi connectivity index (χ3v) is 1.78. The fourth-order valence-electron chi connectivity index (χ4n) is 1.01. The molecule has 0 aromatic rings. The summed E-state index contributed by atoms with van der Waals surface area (Å²) in [6.45, 7) is 0. The maximum absolute atomic E-state index is 11.6. The van der Waals surface area contributed by atoms with Gasteiger partial charge in [-0.25, -0.2) is 0 Å². The molecule has 17 heavy (non-hydrogen) atoms. The van der Waals surface area contributed by atoms with Gasteiger partial charge in [0.2, 0.25) is 0 Å². The van der Waals surface area contributed by atoms with Crippen molar-refractivity contribution in [2.75, 3.05) is 0 Å². The van der Waals surface area contributed by atoms with Crippen molar-refractivity contribution in [1.29, 1.82) is 0 Å². The molecule has 0 N–H and O–H groups in total. The second-order valence-corrected chi connectivity index (χ2v) is 2.89. The average molecular weight is 323 g/mol. The summed E-state index contributed by atoms with van der Waals surface area (Å²) in [5.41, 5.74) is 0. The van der Waals surface area contributed by atoms with Crippen LogP contribution in [0.1, 0.15) is 0 Å². The third-order valence-electron chi connectivity index (χ3n) is 1.78. The van der Waals surface area contributed by atoms with Crippen LogP contribution in [0.25, 0.3) is 0 Å². The first kappa shape index (κ1) is 16.8. The van der Waals surface area contributed by atoms with Gasteiger partial charge in [0, 0.05) is 0 Å². The van der Waals surface area contributed by atoms with Gasteiger partial charge in [0.1, 0.15) is 0 Å². The standard InChI is InChI=1S/2C6H4FO.Ru/c2*7-6(8)5-3-1-2-4-5;/h2*1-4H;/q;;+2. The van der Waals surface area contributed by atoms with E-state index in [4.69, 9.17) is 0 Å². The molecule has 0 unspecified atom stereocenters. The molecule has 0 bridgehead atoms. The van der Waals surface area contributed by atoms with E-state index in [1.165, 1.54) is 25.7 Å². The summed E-state index contributed by atoms with van der Waals surface area (Å²) in [5, 5.41) is 0. The first-order valence-corrected chi connectivity index (χ1v) is 4.44. The third kappa shape index (κ3) is 6.35. The second-order valence-electron chi connectivity index (χ2n) is 2.89. The van der Waals surface area contributed by atoms with Gasteiger partial charge in [0.05, 0.1) is 11.8 Å². The van der Waals surface area contributed by atoms with Crippen LogP contribution in [0.2, 0.25) is 0 Å². The van der Waals surface area contributed by atoms with E-state index < -0.39 is 12.1 Å². The molecule has 2 aliphatic carbocycles. The smallest absolute Gasteiger partial charge is 0.260 e. The first-order valence-electron chi connectivity index (χ1n) is 4.44. The van der Waals surface area contributed by atoms with E-state index in [1.54, 1.807) is 25.7 Å². The fourth-order valence-corrected chi connectivity index (χ4v) is 1.01. The summed E-state index contributed by atoms with van der Waals surface area (Å²) in [6, 6.07) is -2.73. The molecule has 5 heteroatoms. The van der Waals surface area contributed by atoms with Crippen molar-refractivity contribution < 1.29 is 37.8 Å². The summed E-state index contributed by atoms with van der Waals surface area (Å²) in [7, 11) is 0. The normalized spacial score (nSPS) is 20.4. The molecular weight excluding hydrogens is 315 g/mol. The van der Waals surface area contributed by atoms with E-state index in [1.807, 2.05) is 0 Å². The number of hydrogen-bond donors (Lipinski definition) is 0. The van der Waals surface area contributed by atoms with Gasteiger partial charge in [-0.15, -0.1) is 0 Å². The largest absolute Gasteiger partial charge is 2.00 e. The van der Waals surface area contributed by atoms with Crippen molar-refractivity contribution in [2.45, 2.75) is 0 Å². The molecule has 10 radical (unpaired) electrons. The van der Waals surface area contributed by atoms with Crippen LogP contribution in [0.15, 0.2) is 0 Å². The van der Waals surface area contributed by atoms with E-state index >= 15 is 0 Å². The molecule has 2 saturated carbocycles. The van der Waals surface area contributed by atoms with Gasteiger partial charge < -0.3 is 0 Å². The van der Waals surface area contributed by atoms with Gasteiger partial charge in [-0.2, -0.15) is 8.78 Å². The molecule has 0 aromatic carbocycles. The SMILES string of the molecule is O=C(F)[C]1[CH][CH][CH][CH]1.O=C(F)[C]1[CH][CH][CH][CH]1.[Ru+2]. The van der Waals surface area contributed by atoms with Crippen molar-refractivity contribution in [2.24, 2.45) is 0 Å². The van der Waals surface area contributed by atoms with E-state index in [-0.39, 0.29) is 31.3 Å². The monoisotopic (exact) mass is 324 g/mol. The van der Waals surface area contributed by atoms with Gasteiger partial charge in [-0.3, -0.25) is 9.59 Å². The molecular formula is C12H8F2O2Ru+2. The Labute approximate surface area is 113 Å². The summed E-state index contributed by atoms with van der Waals surface area (Å²) in [4.78, 5) is 19.7. The van der Waals surface area contributed by atoms with E-state index in [0.717, 1.165) is 0 Å². The number of carbonyl (C=O) groups is 2. The molecule has 2 fully saturated rings. The Morgan fingerprint density at radius 2 is 0.941 bits per heavy atom. The molecule has 0 spiro atoms. The minimum Gasteiger partial charge on any atom is -0.260 e. The zero-order chi connectivity index (χ0) is 12.0. The van der Waals surface area contributed by atoms with Gasteiger partial charge in [0.25, 0.3) is 0 Å². The summed E-state index contributed by atoms with van der Waals surface area (Å²) >= 11 is 0. The van der Waals surface area contributed by atoms with Crippen molar-refractivity contribution in [3.63, 3.8) is 0 Å². The number of rotatable bonds is 2. The molecule has 2 aliphatic rings. The van der Waals surface area contributed by atoms with Crippen molar-refractivity contribution in [1.82, 2.24) is 0 Å². The number of carbonyl (C=O) groups excluding carboxylic acids is 2. The topological polar surface area (TPSA) is 34.1 Å². The maximum Gasteiger partial charge on any atom is 2.00 e. The van der Waals surface area contributed by atoms with Crippen LogP contribution >= 0.6 is 0 Å². The van der Waals surface area contributed by atoms with E-state index in [9.17, 15) is 18.4 Å². The van der Waals surface area contributed by atoms with Crippen LogP contribution in [0.3, 0.4) is 0 Å².